The van der Waals surface area contributed by atoms with Gasteiger partial charge in [-0.15, -0.1) is 12.6 Å². The van der Waals surface area contributed by atoms with Crippen molar-refractivity contribution in [2.45, 2.75) is 60.6 Å². The summed E-state index contributed by atoms with van der Waals surface area (Å²) >= 11 is 4.06. The lowest BCUT2D eigenvalue weighted by molar-refractivity contribution is -0.334. The predicted octanol–water partition coefficient (Wildman–Crippen LogP) is -4.46. The van der Waals surface area contributed by atoms with E-state index in [9.17, 15) is 25.5 Å². The van der Waals surface area contributed by atoms with Crippen LogP contribution in [0.25, 0.3) is 0 Å². The van der Waals surface area contributed by atoms with Crippen molar-refractivity contribution in [1.29, 1.82) is 0 Å². The summed E-state index contributed by atoms with van der Waals surface area (Å²) in [4.78, 5) is 0. The van der Waals surface area contributed by atoms with E-state index in [-0.39, 0.29) is 0 Å². The van der Waals surface area contributed by atoms with Gasteiger partial charge >= 0.3 is 0 Å². The second-order valence-electron chi connectivity index (χ2n) is 5.53. The molecule has 0 amide bonds. The summed E-state index contributed by atoms with van der Waals surface area (Å²) in [6.07, 6.45) is -12.8. The molecule has 0 bridgehead atoms. The molecule has 2 rings (SSSR count). The number of thiol groups is 1. The van der Waals surface area contributed by atoms with Crippen molar-refractivity contribution in [2.24, 2.45) is 0 Å². The van der Waals surface area contributed by atoms with Crippen LogP contribution in [-0.2, 0) is 14.2 Å². The van der Waals surface area contributed by atoms with Crippen LogP contribution in [-0.4, -0.2) is 110 Å². The summed E-state index contributed by atoms with van der Waals surface area (Å²) in [7, 11) is 0. The minimum Gasteiger partial charge on any atom is -0.394 e. The predicted molar refractivity (Wildman–Crippen MR) is 75.4 cm³/mol. The monoisotopic (exact) mass is 358 g/mol. The smallest absolute Gasteiger partial charge is 0.187 e. The highest BCUT2D eigenvalue weighted by Gasteiger charge is 2.49. The van der Waals surface area contributed by atoms with Crippen LogP contribution in [0.2, 0.25) is 0 Å². The van der Waals surface area contributed by atoms with Gasteiger partial charge in [-0.05, 0) is 0 Å². The average Bonchev–Trinajstić information content (AvgIpc) is 2.54. The number of aliphatic hydroxyl groups is 7. The quantitative estimate of drug-likeness (QED) is 0.229. The molecule has 23 heavy (non-hydrogen) atoms. The van der Waals surface area contributed by atoms with E-state index in [0.29, 0.717) is 0 Å². The Bertz CT molecular complexity index is 385. The Balaban J connectivity index is 2.08. The van der Waals surface area contributed by atoms with Crippen molar-refractivity contribution in [2.75, 3.05) is 13.2 Å². The van der Waals surface area contributed by atoms with E-state index < -0.39 is 73.8 Å². The highest BCUT2D eigenvalue weighted by molar-refractivity contribution is 7.80. The minimum atomic E-state index is -1.66. The van der Waals surface area contributed by atoms with Crippen LogP contribution in [0, 0.1) is 0 Å². The van der Waals surface area contributed by atoms with Gasteiger partial charge in [0.1, 0.15) is 54.3 Å². The summed E-state index contributed by atoms with van der Waals surface area (Å²) in [5.41, 5.74) is -1.06. The molecule has 0 spiro atoms. The highest BCUT2D eigenvalue weighted by atomic mass is 32.1. The van der Waals surface area contributed by atoms with Crippen LogP contribution in [0.5, 0.6) is 0 Å². The van der Waals surface area contributed by atoms with Gasteiger partial charge in [0, 0.05) is 0 Å². The van der Waals surface area contributed by atoms with E-state index in [0.717, 1.165) is 0 Å². The summed E-state index contributed by atoms with van der Waals surface area (Å²) in [6.45, 7) is -1.17. The molecule has 0 saturated carbocycles. The lowest BCUT2D eigenvalue weighted by Gasteiger charge is -2.45. The molecule has 0 aromatic carbocycles. The van der Waals surface area contributed by atoms with Crippen LogP contribution >= 0.6 is 12.6 Å². The first-order valence-electron chi connectivity index (χ1n) is 7.08. The molecule has 10 nitrogen and oxygen atoms in total. The zero-order valence-electron chi connectivity index (χ0n) is 12.0. The molecule has 2 saturated heterocycles. The minimum absolute atomic E-state index is 0.540. The van der Waals surface area contributed by atoms with E-state index >= 15 is 0 Å². The third kappa shape index (κ3) is 3.80. The number of ether oxygens (including phenoxy) is 3. The maximum Gasteiger partial charge on any atom is 0.187 e. The fourth-order valence-electron chi connectivity index (χ4n) is 2.55. The van der Waals surface area contributed by atoms with Crippen LogP contribution in [0.15, 0.2) is 0 Å². The molecule has 10 atom stereocenters. The van der Waals surface area contributed by atoms with Crippen LogP contribution in [0.1, 0.15) is 0 Å². The first-order valence-corrected chi connectivity index (χ1v) is 7.60. The zero-order chi connectivity index (χ0) is 17.3. The molecule has 0 radical (unpaired) electrons. The highest BCUT2D eigenvalue weighted by Crippen LogP contribution is 2.30. The molecular weight excluding hydrogens is 336 g/mol. The lowest BCUT2D eigenvalue weighted by atomic mass is 9.98. The van der Waals surface area contributed by atoms with Gasteiger partial charge in [-0.25, -0.2) is 0 Å². The van der Waals surface area contributed by atoms with Crippen LogP contribution in [0.3, 0.4) is 0 Å². The number of hydrogen-bond acceptors (Lipinski definition) is 11. The normalized spacial score (nSPS) is 51.7. The average molecular weight is 358 g/mol. The summed E-state index contributed by atoms with van der Waals surface area (Å²) in [5, 5.41) is 67.3. The molecule has 2 aliphatic rings. The summed E-state index contributed by atoms with van der Waals surface area (Å²) in [6, 6.07) is 0. The summed E-state index contributed by atoms with van der Waals surface area (Å²) < 4.78 is 15.7. The van der Waals surface area contributed by atoms with Crippen molar-refractivity contribution < 1.29 is 50.0 Å². The maximum absolute atomic E-state index is 10.1. The van der Waals surface area contributed by atoms with Crippen molar-refractivity contribution in [3.05, 3.63) is 0 Å². The molecule has 136 valence electrons. The molecule has 7 N–H and O–H groups in total. The van der Waals surface area contributed by atoms with Crippen LogP contribution in [0.4, 0.5) is 0 Å². The van der Waals surface area contributed by atoms with E-state index in [4.69, 9.17) is 24.4 Å². The van der Waals surface area contributed by atoms with E-state index in [2.05, 4.69) is 12.6 Å². The first kappa shape index (κ1) is 19.3. The standard InChI is InChI=1S/C12H22O10S/c13-1-3-5(15)7(17)9(19)11(20-3)22-10-8(18)6(16)4(2-14)21-12(10)23/h3-19,23H,1-2H2/t3-,4-,5-,6-,7+,8+,9-,10-,11+,12?/m1/s1. The van der Waals surface area contributed by atoms with E-state index in [1.807, 2.05) is 0 Å². The molecular formula is C12H22O10S. The van der Waals surface area contributed by atoms with Gasteiger partial charge in [0.2, 0.25) is 0 Å². The Kier molecular flexibility index (Phi) is 6.61. The van der Waals surface area contributed by atoms with Gasteiger partial charge in [0.25, 0.3) is 0 Å². The van der Waals surface area contributed by atoms with Gasteiger partial charge in [-0.3, -0.25) is 0 Å². The van der Waals surface area contributed by atoms with Gasteiger partial charge in [0.15, 0.2) is 6.29 Å². The maximum atomic E-state index is 10.1. The Morgan fingerprint density at radius 2 is 1.26 bits per heavy atom. The largest absolute Gasteiger partial charge is 0.394 e. The molecule has 2 fully saturated rings. The SMILES string of the molecule is OC[C@H]1O[C@@H](O[C@H]2C(S)O[C@H](CO)[C@@H](O)[C@@H]2O)[C@H](O)[C@@H](O)[C@@H]1O. The molecule has 1 unspecified atom stereocenters. The van der Waals surface area contributed by atoms with Gasteiger partial charge in [-0.2, -0.15) is 0 Å². The number of aliphatic hydroxyl groups excluding tert-OH is 7. The lowest BCUT2D eigenvalue weighted by Crippen LogP contribution is -2.63. The fraction of sp³-hybridized carbons (Fsp3) is 1.00. The van der Waals surface area contributed by atoms with Crippen molar-refractivity contribution >= 4 is 12.6 Å². The third-order valence-electron chi connectivity index (χ3n) is 3.98. The van der Waals surface area contributed by atoms with Gasteiger partial charge < -0.3 is 50.0 Å². The molecule has 0 aromatic rings. The number of rotatable bonds is 4. The first-order chi connectivity index (χ1) is 10.8. The molecule has 2 aliphatic heterocycles. The van der Waals surface area contributed by atoms with Crippen molar-refractivity contribution in [1.82, 2.24) is 0 Å². The Morgan fingerprint density at radius 3 is 1.83 bits per heavy atom. The fourth-order valence-corrected chi connectivity index (χ4v) is 2.96. The van der Waals surface area contributed by atoms with Gasteiger partial charge in [0.05, 0.1) is 13.2 Å². The van der Waals surface area contributed by atoms with Crippen LogP contribution < -0.4 is 0 Å². The topological polar surface area (TPSA) is 169 Å². The molecule has 2 heterocycles. The molecule has 0 aliphatic carbocycles. The van der Waals surface area contributed by atoms with E-state index in [1.54, 1.807) is 0 Å². The zero-order valence-corrected chi connectivity index (χ0v) is 12.9. The molecule has 11 heteroatoms. The van der Waals surface area contributed by atoms with Crippen molar-refractivity contribution in [3.8, 4) is 0 Å². The van der Waals surface area contributed by atoms with Crippen molar-refractivity contribution in [3.63, 3.8) is 0 Å². The van der Waals surface area contributed by atoms with E-state index in [1.165, 1.54) is 0 Å². The Labute approximate surface area is 137 Å². The summed E-state index contributed by atoms with van der Waals surface area (Å²) in [5.74, 6) is 0. The number of hydrogen-bond donors (Lipinski definition) is 8. The van der Waals surface area contributed by atoms with Gasteiger partial charge in [-0.1, -0.05) is 0 Å². The second kappa shape index (κ2) is 7.89. The second-order valence-corrected chi connectivity index (χ2v) is 6.04. The third-order valence-corrected chi connectivity index (χ3v) is 4.40. The molecule has 0 aromatic heterocycles. The Hall–Kier alpha value is -0.0500. The Morgan fingerprint density at radius 1 is 0.739 bits per heavy atom.